The average Bonchev–Trinajstić information content (AvgIpc) is 3.10. The van der Waals surface area contributed by atoms with Gasteiger partial charge in [-0.15, -0.1) is 0 Å². The fourth-order valence-corrected chi connectivity index (χ4v) is 2.92. The molecule has 3 aromatic rings. The maximum absolute atomic E-state index is 14.0. The Hall–Kier alpha value is -2.95. The first-order valence-electron chi connectivity index (χ1n) is 8.26. The van der Waals surface area contributed by atoms with E-state index in [1.807, 2.05) is 19.9 Å². The van der Waals surface area contributed by atoms with Crippen LogP contribution in [0.4, 0.5) is 4.39 Å². The number of fused-ring (bicyclic) bond motifs is 1. The molecule has 0 bridgehead atoms. The van der Waals surface area contributed by atoms with Gasteiger partial charge in [-0.2, -0.15) is 0 Å². The van der Waals surface area contributed by atoms with Crippen LogP contribution in [0.3, 0.4) is 0 Å². The van der Waals surface area contributed by atoms with Gasteiger partial charge in [0, 0.05) is 30.4 Å². The van der Waals surface area contributed by atoms with Gasteiger partial charge in [-0.1, -0.05) is 12.1 Å². The zero-order valence-electron chi connectivity index (χ0n) is 14.2. The van der Waals surface area contributed by atoms with Gasteiger partial charge in [-0.3, -0.25) is 9.59 Å². The van der Waals surface area contributed by atoms with Gasteiger partial charge in [0.25, 0.3) is 5.91 Å². The van der Waals surface area contributed by atoms with E-state index < -0.39 is 11.6 Å². The zero-order valence-corrected chi connectivity index (χ0v) is 14.2. The van der Waals surface area contributed by atoms with Crippen LogP contribution in [0.25, 0.3) is 5.52 Å². The lowest BCUT2D eigenvalue weighted by atomic mass is 10.0. The van der Waals surface area contributed by atoms with Gasteiger partial charge in [0.05, 0.1) is 11.3 Å². The molecule has 2 aromatic heterocycles. The number of hydrogen-bond acceptors (Lipinski definition) is 2. The van der Waals surface area contributed by atoms with Crippen LogP contribution in [0.5, 0.6) is 0 Å². The maximum Gasteiger partial charge on any atom is 0.253 e. The second kappa shape index (κ2) is 6.89. The summed E-state index contributed by atoms with van der Waals surface area (Å²) in [7, 11) is 0. The number of aromatic nitrogens is 1. The number of carbonyl (C=O) groups excluding carboxylic acids is 2. The summed E-state index contributed by atoms with van der Waals surface area (Å²) >= 11 is 0. The predicted octanol–water partition coefficient (Wildman–Crippen LogP) is 3.79. The van der Waals surface area contributed by atoms with E-state index in [4.69, 9.17) is 0 Å². The molecule has 128 valence electrons. The van der Waals surface area contributed by atoms with Crippen LogP contribution in [0.2, 0.25) is 0 Å². The summed E-state index contributed by atoms with van der Waals surface area (Å²) in [6, 6.07) is 12.8. The fourth-order valence-electron chi connectivity index (χ4n) is 2.92. The van der Waals surface area contributed by atoms with E-state index in [2.05, 4.69) is 0 Å². The van der Waals surface area contributed by atoms with Crippen molar-refractivity contribution in [1.29, 1.82) is 0 Å². The largest absolute Gasteiger partial charge is 0.339 e. The molecule has 2 heterocycles. The van der Waals surface area contributed by atoms with Crippen molar-refractivity contribution in [2.45, 2.75) is 13.8 Å². The molecular weight excluding hydrogens is 319 g/mol. The van der Waals surface area contributed by atoms with Gasteiger partial charge < -0.3 is 9.30 Å². The van der Waals surface area contributed by atoms with Crippen LogP contribution in [0.15, 0.2) is 54.7 Å². The molecule has 1 amide bonds. The van der Waals surface area contributed by atoms with Gasteiger partial charge in [-0.25, -0.2) is 4.39 Å². The Labute approximate surface area is 145 Å². The van der Waals surface area contributed by atoms with Crippen molar-refractivity contribution >= 4 is 17.2 Å². The number of halogens is 1. The molecule has 0 saturated heterocycles. The molecule has 0 aliphatic rings. The Kier molecular flexibility index (Phi) is 4.65. The Morgan fingerprint density at radius 2 is 1.76 bits per heavy atom. The third kappa shape index (κ3) is 3.05. The number of rotatable bonds is 5. The van der Waals surface area contributed by atoms with Gasteiger partial charge in [0.1, 0.15) is 5.82 Å². The van der Waals surface area contributed by atoms with Gasteiger partial charge in [0.2, 0.25) is 5.78 Å². The molecule has 5 heteroatoms. The van der Waals surface area contributed by atoms with E-state index in [0.717, 1.165) is 5.52 Å². The molecule has 0 aliphatic carbocycles. The van der Waals surface area contributed by atoms with Crippen molar-refractivity contribution in [1.82, 2.24) is 9.30 Å². The second-order valence-electron chi connectivity index (χ2n) is 5.72. The minimum atomic E-state index is -0.576. The maximum atomic E-state index is 14.0. The number of hydrogen-bond donors (Lipinski definition) is 0. The highest BCUT2D eigenvalue weighted by molar-refractivity contribution is 6.10. The van der Waals surface area contributed by atoms with Crippen LogP contribution < -0.4 is 0 Å². The summed E-state index contributed by atoms with van der Waals surface area (Å²) in [5.74, 6) is -1.17. The lowest BCUT2D eigenvalue weighted by molar-refractivity contribution is 0.0773. The Morgan fingerprint density at radius 3 is 2.44 bits per heavy atom. The molecular formula is C20H19FN2O2. The Balaban J connectivity index is 2.15. The summed E-state index contributed by atoms with van der Waals surface area (Å²) in [5.41, 5.74) is 1.40. The molecule has 25 heavy (non-hydrogen) atoms. The van der Waals surface area contributed by atoms with Crippen LogP contribution >= 0.6 is 0 Å². The highest BCUT2D eigenvalue weighted by atomic mass is 19.1. The molecule has 0 fully saturated rings. The van der Waals surface area contributed by atoms with E-state index in [-0.39, 0.29) is 17.2 Å². The molecule has 0 saturated carbocycles. The fraction of sp³-hybridized carbons (Fsp3) is 0.200. The molecule has 0 spiro atoms. The zero-order chi connectivity index (χ0) is 18.0. The predicted molar refractivity (Wildman–Crippen MR) is 94.5 cm³/mol. The lowest BCUT2D eigenvalue weighted by Crippen LogP contribution is -2.30. The van der Waals surface area contributed by atoms with E-state index in [9.17, 15) is 14.0 Å². The Morgan fingerprint density at radius 1 is 1.04 bits per heavy atom. The molecule has 0 aliphatic heterocycles. The quantitative estimate of drug-likeness (QED) is 0.664. The number of nitrogens with zero attached hydrogens (tertiary/aromatic N) is 2. The van der Waals surface area contributed by atoms with Gasteiger partial charge in [-0.05, 0) is 50.2 Å². The smallest absolute Gasteiger partial charge is 0.253 e. The third-order valence-corrected chi connectivity index (χ3v) is 4.28. The highest BCUT2D eigenvalue weighted by Crippen LogP contribution is 2.19. The monoisotopic (exact) mass is 338 g/mol. The summed E-state index contributed by atoms with van der Waals surface area (Å²) in [6.07, 6.45) is 1.73. The first-order chi connectivity index (χ1) is 12.1. The minimum absolute atomic E-state index is 0.00932. The molecule has 0 radical (unpaired) electrons. The number of benzene rings is 1. The van der Waals surface area contributed by atoms with Crippen LogP contribution in [0, 0.1) is 5.82 Å². The topological polar surface area (TPSA) is 41.8 Å². The summed E-state index contributed by atoms with van der Waals surface area (Å²) < 4.78 is 15.7. The van der Waals surface area contributed by atoms with Gasteiger partial charge in [0.15, 0.2) is 0 Å². The molecule has 4 nitrogen and oxygen atoms in total. The highest BCUT2D eigenvalue weighted by Gasteiger charge is 2.20. The van der Waals surface area contributed by atoms with Gasteiger partial charge >= 0.3 is 0 Å². The second-order valence-corrected chi connectivity index (χ2v) is 5.72. The van der Waals surface area contributed by atoms with Crippen molar-refractivity contribution in [3.63, 3.8) is 0 Å². The van der Waals surface area contributed by atoms with E-state index >= 15 is 0 Å². The Bertz CT molecular complexity index is 942. The first kappa shape index (κ1) is 16.9. The molecule has 1 aromatic carbocycles. The summed E-state index contributed by atoms with van der Waals surface area (Å²) in [5, 5.41) is 0. The van der Waals surface area contributed by atoms with E-state index in [0.29, 0.717) is 18.7 Å². The van der Waals surface area contributed by atoms with Crippen molar-refractivity contribution in [3.05, 3.63) is 77.4 Å². The van der Waals surface area contributed by atoms with Crippen molar-refractivity contribution < 1.29 is 14.0 Å². The van der Waals surface area contributed by atoms with Crippen molar-refractivity contribution in [2.75, 3.05) is 13.1 Å². The SMILES string of the molecule is CCN(CC)C(=O)c1cc(C(=O)c2ccccc2F)n2cccc2c1. The van der Waals surface area contributed by atoms with E-state index in [1.54, 1.807) is 39.8 Å². The molecule has 3 rings (SSSR count). The van der Waals surface area contributed by atoms with Crippen molar-refractivity contribution in [3.8, 4) is 0 Å². The summed E-state index contributed by atoms with van der Waals surface area (Å²) in [4.78, 5) is 27.2. The molecule has 0 atom stereocenters. The van der Waals surface area contributed by atoms with Crippen LogP contribution in [-0.2, 0) is 0 Å². The third-order valence-electron chi connectivity index (χ3n) is 4.28. The van der Waals surface area contributed by atoms with Crippen molar-refractivity contribution in [2.24, 2.45) is 0 Å². The van der Waals surface area contributed by atoms with Crippen LogP contribution in [-0.4, -0.2) is 34.1 Å². The number of ketones is 1. The number of carbonyl (C=O) groups is 2. The number of amides is 1. The normalized spacial score (nSPS) is 10.8. The minimum Gasteiger partial charge on any atom is -0.339 e. The molecule has 0 unspecified atom stereocenters. The number of pyridine rings is 1. The average molecular weight is 338 g/mol. The molecule has 0 N–H and O–H groups in total. The lowest BCUT2D eigenvalue weighted by Gasteiger charge is -2.19. The van der Waals surface area contributed by atoms with E-state index in [1.165, 1.54) is 18.2 Å². The van der Waals surface area contributed by atoms with Crippen LogP contribution in [0.1, 0.15) is 40.3 Å². The first-order valence-corrected chi connectivity index (χ1v) is 8.26. The summed E-state index contributed by atoms with van der Waals surface area (Å²) in [6.45, 7) is 4.97. The standard InChI is InChI=1S/C20H19FN2O2/c1-3-22(4-2)20(25)14-12-15-8-7-11-23(15)18(13-14)19(24)16-9-5-6-10-17(16)21/h5-13H,3-4H2,1-2H3.